The van der Waals surface area contributed by atoms with E-state index in [0.717, 1.165) is 35.2 Å². The van der Waals surface area contributed by atoms with Gasteiger partial charge in [-0.2, -0.15) is 0 Å². The lowest BCUT2D eigenvalue weighted by molar-refractivity contribution is -0.119. The zero-order chi connectivity index (χ0) is 23.6. The first-order chi connectivity index (χ1) is 15.7. The van der Waals surface area contributed by atoms with E-state index in [1.807, 2.05) is 19.1 Å². The molecule has 0 spiro atoms. The molecular formula is C25H31N3O3S2. The van der Waals surface area contributed by atoms with Gasteiger partial charge in [0.05, 0.1) is 22.9 Å². The molecule has 1 amide bonds. The number of aromatic nitrogens is 2. The standard InChI is InChI=1S/C25H31N3O3S2/c1-15(12-31-17-10-8-16(9-11-17)25(2,3)4)26-21(29)14-32-13-20-27-23(30)22-18-6-5-7-19(18)33-24(22)28-20/h8-11,15H,5-7,12-14H2,1-4H3,(H,26,29)(H,27,28,30). The molecule has 0 fully saturated rings. The van der Waals surface area contributed by atoms with Crippen molar-refractivity contribution in [2.45, 2.75) is 64.2 Å². The number of carbonyl (C=O) groups excluding carboxylic acids is 1. The van der Waals surface area contributed by atoms with Crippen LogP contribution in [0.5, 0.6) is 5.75 Å². The Bertz CT molecular complexity index is 1190. The van der Waals surface area contributed by atoms with Crippen LogP contribution in [0.15, 0.2) is 29.1 Å². The number of aryl methyl sites for hydroxylation is 2. The van der Waals surface area contributed by atoms with Crippen molar-refractivity contribution in [1.29, 1.82) is 0 Å². The zero-order valence-corrected chi connectivity index (χ0v) is 21.3. The SMILES string of the molecule is CC(COc1ccc(C(C)(C)C)cc1)NC(=O)CSCc1nc2sc3c(c2c(=O)[nH]1)CCC3. The van der Waals surface area contributed by atoms with Crippen molar-refractivity contribution < 1.29 is 9.53 Å². The minimum atomic E-state index is -0.108. The average molecular weight is 486 g/mol. The second-order valence-corrected chi connectivity index (χ2v) is 11.7. The van der Waals surface area contributed by atoms with Crippen molar-refractivity contribution in [3.63, 3.8) is 0 Å². The first-order valence-corrected chi connectivity index (χ1v) is 13.3. The molecule has 6 nitrogen and oxygen atoms in total. The van der Waals surface area contributed by atoms with E-state index in [2.05, 4.69) is 48.2 Å². The van der Waals surface area contributed by atoms with Crippen LogP contribution in [0.25, 0.3) is 10.2 Å². The van der Waals surface area contributed by atoms with Crippen LogP contribution in [0.2, 0.25) is 0 Å². The van der Waals surface area contributed by atoms with Gasteiger partial charge in [-0.15, -0.1) is 23.1 Å². The molecule has 2 aromatic heterocycles. The van der Waals surface area contributed by atoms with E-state index in [4.69, 9.17) is 4.74 Å². The number of hydrogen-bond acceptors (Lipinski definition) is 6. The van der Waals surface area contributed by atoms with Crippen molar-refractivity contribution in [2.24, 2.45) is 0 Å². The summed E-state index contributed by atoms with van der Waals surface area (Å²) in [6.45, 7) is 8.86. The molecule has 0 saturated carbocycles. The molecule has 0 saturated heterocycles. The third-order valence-electron chi connectivity index (χ3n) is 5.72. The third kappa shape index (κ3) is 5.79. The molecule has 1 unspecified atom stereocenters. The maximum Gasteiger partial charge on any atom is 0.259 e. The van der Waals surface area contributed by atoms with Crippen molar-refractivity contribution in [3.8, 4) is 5.75 Å². The number of benzene rings is 1. The normalized spacial score (nSPS) is 14.3. The van der Waals surface area contributed by atoms with Gasteiger partial charge >= 0.3 is 0 Å². The van der Waals surface area contributed by atoms with E-state index in [1.54, 1.807) is 11.3 Å². The first-order valence-electron chi connectivity index (χ1n) is 11.3. The van der Waals surface area contributed by atoms with E-state index in [9.17, 15) is 9.59 Å². The smallest absolute Gasteiger partial charge is 0.259 e. The number of thiophene rings is 1. The lowest BCUT2D eigenvalue weighted by Crippen LogP contribution is -2.37. The van der Waals surface area contributed by atoms with E-state index in [1.165, 1.54) is 27.8 Å². The Morgan fingerprint density at radius 2 is 2.03 bits per heavy atom. The first kappa shape index (κ1) is 23.8. The highest BCUT2D eigenvalue weighted by Crippen LogP contribution is 2.34. The summed E-state index contributed by atoms with van der Waals surface area (Å²) >= 11 is 3.08. The Balaban J connectivity index is 1.22. The molecule has 8 heteroatoms. The molecule has 0 bridgehead atoms. The second-order valence-electron chi connectivity index (χ2n) is 9.60. The van der Waals surface area contributed by atoms with Crippen molar-refractivity contribution >= 4 is 39.2 Å². The predicted octanol–water partition coefficient (Wildman–Crippen LogP) is 4.59. The number of nitrogens with one attached hydrogen (secondary N) is 2. The number of thioether (sulfide) groups is 1. The lowest BCUT2D eigenvalue weighted by atomic mass is 9.87. The molecule has 3 aromatic rings. The molecule has 1 aromatic carbocycles. The van der Waals surface area contributed by atoms with Crippen LogP contribution in [0.3, 0.4) is 0 Å². The number of H-pyrrole nitrogens is 1. The van der Waals surface area contributed by atoms with Crippen molar-refractivity contribution in [2.75, 3.05) is 12.4 Å². The topological polar surface area (TPSA) is 84.1 Å². The average Bonchev–Trinajstić information content (AvgIpc) is 3.33. The van der Waals surface area contributed by atoms with Gasteiger partial charge in [0.15, 0.2) is 0 Å². The van der Waals surface area contributed by atoms with Crippen LogP contribution in [0.4, 0.5) is 0 Å². The Kier molecular flexibility index (Phi) is 7.14. The van der Waals surface area contributed by atoms with E-state index >= 15 is 0 Å². The van der Waals surface area contributed by atoms with Gasteiger partial charge in [-0.05, 0) is 54.9 Å². The lowest BCUT2D eigenvalue weighted by Gasteiger charge is -2.20. The monoisotopic (exact) mass is 485 g/mol. The summed E-state index contributed by atoms with van der Waals surface area (Å²) in [5.74, 6) is 2.15. The maximum absolute atomic E-state index is 12.5. The number of carbonyl (C=O) groups is 1. The summed E-state index contributed by atoms with van der Waals surface area (Å²) < 4.78 is 5.82. The molecule has 2 heterocycles. The third-order valence-corrected chi connectivity index (χ3v) is 7.85. The summed E-state index contributed by atoms with van der Waals surface area (Å²) in [5.41, 5.74) is 2.49. The predicted molar refractivity (Wildman–Crippen MR) is 137 cm³/mol. The van der Waals surface area contributed by atoms with Gasteiger partial charge in [0, 0.05) is 4.88 Å². The fourth-order valence-corrected chi connectivity index (χ4v) is 5.97. The molecular weight excluding hydrogens is 454 g/mol. The fraction of sp³-hybridized carbons (Fsp3) is 0.480. The number of fused-ring (bicyclic) bond motifs is 3. The maximum atomic E-state index is 12.5. The largest absolute Gasteiger partial charge is 0.491 e. The quantitative estimate of drug-likeness (QED) is 0.488. The number of hydrogen-bond donors (Lipinski definition) is 2. The van der Waals surface area contributed by atoms with Gasteiger partial charge in [0.25, 0.3) is 5.56 Å². The van der Waals surface area contributed by atoms with Gasteiger partial charge in [0.1, 0.15) is 23.0 Å². The molecule has 1 aliphatic carbocycles. The molecule has 2 N–H and O–H groups in total. The number of nitrogens with zero attached hydrogens (tertiary/aromatic N) is 1. The highest BCUT2D eigenvalue weighted by Gasteiger charge is 2.21. The summed E-state index contributed by atoms with van der Waals surface area (Å²) in [5, 5.41) is 3.73. The van der Waals surface area contributed by atoms with Crippen LogP contribution >= 0.6 is 23.1 Å². The van der Waals surface area contributed by atoms with Crippen LogP contribution in [0.1, 0.15) is 55.9 Å². The van der Waals surface area contributed by atoms with Gasteiger partial charge in [-0.1, -0.05) is 32.9 Å². The number of amides is 1. The molecule has 176 valence electrons. The Morgan fingerprint density at radius 3 is 2.76 bits per heavy atom. The number of aromatic amines is 1. The van der Waals surface area contributed by atoms with Crippen LogP contribution < -0.4 is 15.6 Å². The summed E-state index contributed by atoms with van der Waals surface area (Å²) in [6.07, 6.45) is 3.14. The van der Waals surface area contributed by atoms with Crippen molar-refractivity contribution in [3.05, 3.63) is 56.4 Å². The van der Waals surface area contributed by atoms with Crippen LogP contribution in [-0.2, 0) is 28.8 Å². The van der Waals surface area contributed by atoms with Gasteiger partial charge in [-0.25, -0.2) is 4.98 Å². The number of ether oxygens (including phenoxy) is 1. The Labute approximate surface area is 202 Å². The summed E-state index contributed by atoms with van der Waals surface area (Å²) in [6, 6.07) is 7.99. The fourth-order valence-electron chi connectivity index (χ4n) is 3.99. The van der Waals surface area contributed by atoms with Gasteiger partial charge in [-0.3, -0.25) is 9.59 Å². The molecule has 33 heavy (non-hydrogen) atoms. The van der Waals surface area contributed by atoms with Gasteiger partial charge in [0.2, 0.25) is 5.91 Å². The Morgan fingerprint density at radius 1 is 1.27 bits per heavy atom. The molecule has 4 rings (SSSR count). The number of rotatable bonds is 8. The van der Waals surface area contributed by atoms with Crippen LogP contribution in [-0.4, -0.2) is 34.3 Å². The van der Waals surface area contributed by atoms with Gasteiger partial charge < -0.3 is 15.0 Å². The molecule has 0 radical (unpaired) electrons. The zero-order valence-electron chi connectivity index (χ0n) is 19.6. The highest BCUT2D eigenvalue weighted by molar-refractivity contribution is 7.99. The summed E-state index contributed by atoms with van der Waals surface area (Å²) in [7, 11) is 0. The Hall–Kier alpha value is -2.32. The van der Waals surface area contributed by atoms with E-state index in [-0.39, 0.29) is 22.9 Å². The second kappa shape index (κ2) is 9.89. The minimum absolute atomic E-state index is 0.0549. The van der Waals surface area contributed by atoms with Crippen LogP contribution in [0, 0.1) is 0 Å². The van der Waals surface area contributed by atoms with E-state index in [0.29, 0.717) is 23.9 Å². The highest BCUT2D eigenvalue weighted by atomic mass is 32.2. The van der Waals surface area contributed by atoms with E-state index < -0.39 is 0 Å². The molecule has 1 aliphatic rings. The minimum Gasteiger partial charge on any atom is -0.491 e. The molecule has 0 aliphatic heterocycles. The molecule has 1 atom stereocenters. The van der Waals surface area contributed by atoms with Crippen molar-refractivity contribution in [1.82, 2.24) is 15.3 Å². The summed E-state index contributed by atoms with van der Waals surface area (Å²) in [4.78, 5) is 34.5.